The molecule has 0 aromatic rings. The number of hydrogen-bond acceptors (Lipinski definition) is 1. The average molecular weight is 576 g/mol. The first-order valence-corrected chi connectivity index (χ1v) is 19.8. The van der Waals surface area contributed by atoms with Crippen LogP contribution in [-0.2, 0) is 0 Å². The summed E-state index contributed by atoms with van der Waals surface area (Å²) in [5, 5.41) is 0. The summed E-state index contributed by atoms with van der Waals surface area (Å²) in [4.78, 5) is 0. The summed E-state index contributed by atoms with van der Waals surface area (Å²) in [6.45, 7) is 3.18. The lowest BCUT2D eigenvalue weighted by Crippen LogP contribution is -1.97. The van der Waals surface area contributed by atoms with Crippen molar-refractivity contribution in [3.8, 4) is 0 Å². The van der Waals surface area contributed by atoms with E-state index in [1.54, 1.807) is 0 Å². The molecule has 0 amide bonds. The molecule has 0 fully saturated rings. The monoisotopic (exact) mass is 576 g/mol. The third-order valence-electron chi connectivity index (χ3n) is 9.22. The van der Waals surface area contributed by atoms with Crippen LogP contribution in [0.3, 0.4) is 0 Å². The molecule has 0 aliphatic rings. The third kappa shape index (κ3) is 39.7. The fraction of sp³-hybridized carbons (Fsp3) is 0.950. The summed E-state index contributed by atoms with van der Waals surface area (Å²) in [6, 6.07) is 0. The maximum atomic E-state index is 5.55. The fourth-order valence-corrected chi connectivity index (χ4v) is 6.28. The predicted molar refractivity (Wildman–Crippen MR) is 190 cm³/mol. The Morgan fingerprint density at radius 2 is 0.463 bits per heavy atom. The number of unbranched alkanes of at least 4 members (excludes halogenated alkanes) is 34. The van der Waals surface area contributed by atoms with Crippen molar-refractivity contribution in [2.75, 3.05) is 6.54 Å². The van der Waals surface area contributed by atoms with Gasteiger partial charge in [-0.3, -0.25) is 0 Å². The summed E-state index contributed by atoms with van der Waals surface area (Å²) in [6.07, 6.45) is 56.8. The van der Waals surface area contributed by atoms with Crippen molar-refractivity contribution in [2.45, 2.75) is 238 Å². The standard InChI is InChI=1S/C40H81N/c1-2-3-4-5-6-7-8-9-10-11-12-13-14-15-16-17-18-19-20-21-22-23-24-25-26-27-28-29-30-31-32-33-34-35-36-37-38-39-40-41/h27-28H,2-26,29-41H2,1H3/b28-27-. The van der Waals surface area contributed by atoms with E-state index in [2.05, 4.69) is 19.1 Å². The van der Waals surface area contributed by atoms with Gasteiger partial charge in [0.25, 0.3) is 0 Å². The molecule has 0 saturated carbocycles. The van der Waals surface area contributed by atoms with Crippen LogP contribution in [0.2, 0.25) is 0 Å². The highest BCUT2D eigenvalue weighted by Gasteiger charge is 1.96. The molecular formula is C40H81N. The Labute approximate surface area is 262 Å². The second-order valence-corrected chi connectivity index (χ2v) is 13.5. The van der Waals surface area contributed by atoms with Gasteiger partial charge in [0, 0.05) is 0 Å². The van der Waals surface area contributed by atoms with Gasteiger partial charge < -0.3 is 5.73 Å². The van der Waals surface area contributed by atoms with Crippen molar-refractivity contribution in [1.29, 1.82) is 0 Å². The summed E-state index contributed by atoms with van der Waals surface area (Å²) >= 11 is 0. The van der Waals surface area contributed by atoms with E-state index in [0.717, 1.165) is 6.54 Å². The zero-order valence-corrected chi connectivity index (χ0v) is 28.9. The minimum atomic E-state index is 0.869. The van der Waals surface area contributed by atoms with Gasteiger partial charge in [-0.25, -0.2) is 0 Å². The molecule has 0 spiro atoms. The lowest BCUT2D eigenvalue weighted by molar-refractivity contribution is 0.517. The van der Waals surface area contributed by atoms with Crippen LogP contribution in [0, 0.1) is 0 Å². The van der Waals surface area contributed by atoms with Gasteiger partial charge >= 0.3 is 0 Å². The molecule has 1 heteroatoms. The van der Waals surface area contributed by atoms with Crippen LogP contribution in [0.5, 0.6) is 0 Å². The lowest BCUT2D eigenvalue weighted by Gasteiger charge is -2.04. The molecule has 0 atom stereocenters. The molecule has 0 unspecified atom stereocenters. The normalized spacial score (nSPS) is 11.8. The quantitative estimate of drug-likeness (QED) is 0.0578. The largest absolute Gasteiger partial charge is 0.330 e. The van der Waals surface area contributed by atoms with Gasteiger partial charge in [-0.1, -0.05) is 218 Å². The molecule has 0 radical (unpaired) electrons. The zero-order chi connectivity index (χ0) is 29.6. The van der Waals surface area contributed by atoms with Gasteiger partial charge in [0.1, 0.15) is 0 Å². The minimum Gasteiger partial charge on any atom is -0.330 e. The SMILES string of the molecule is CCCCCCCCCCCCCCCCCCCCCCCCCC/C=C\CCCCCCCCCCCCN. The molecule has 0 bridgehead atoms. The average Bonchev–Trinajstić information content (AvgIpc) is 2.98. The Morgan fingerprint density at radius 3 is 0.683 bits per heavy atom. The van der Waals surface area contributed by atoms with Gasteiger partial charge in [-0.15, -0.1) is 0 Å². The number of allylic oxidation sites excluding steroid dienone is 2. The van der Waals surface area contributed by atoms with E-state index in [1.165, 1.54) is 231 Å². The Bertz CT molecular complexity index is 456. The Kier molecular flexibility index (Phi) is 39.4. The predicted octanol–water partition coefficient (Wildman–Crippen LogP) is 14.6. The summed E-state index contributed by atoms with van der Waals surface area (Å²) in [7, 11) is 0. The maximum Gasteiger partial charge on any atom is -0.00773 e. The summed E-state index contributed by atoms with van der Waals surface area (Å²) < 4.78 is 0. The molecular weight excluding hydrogens is 494 g/mol. The molecule has 0 aliphatic carbocycles. The van der Waals surface area contributed by atoms with Crippen molar-refractivity contribution in [3.05, 3.63) is 12.2 Å². The first-order valence-electron chi connectivity index (χ1n) is 19.8. The third-order valence-corrected chi connectivity index (χ3v) is 9.22. The molecule has 0 aromatic heterocycles. The highest BCUT2D eigenvalue weighted by molar-refractivity contribution is 4.81. The van der Waals surface area contributed by atoms with Gasteiger partial charge in [0.05, 0.1) is 0 Å². The first-order chi connectivity index (χ1) is 20.4. The Hall–Kier alpha value is -0.300. The van der Waals surface area contributed by atoms with E-state index in [-0.39, 0.29) is 0 Å². The topological polar surface area (TPSA) is 26.0 Å². The summed E-state index contributed by atoms with van der Waals surface area (Å²) in [5.41, 5.74) is 5.55. The van der Waals surface area contributed by atoms with E-state index in [9.17, 15) is 0 Å². The minimum absolute atomic E-state index is 0.869. The molecule has 1 nitrogen and oxygen atoms in total. The van der Waals surface area contributed by atoms with Crippen molar-refractivity contribution < 1.29 is 0 Å². The van der Waals surface area contributed by atoms with E-state index < -0.39 is 0 Å². The second-order valence-electron chi connectivity index (χ2n) is 13.5. The van der Waals surface area contributed by atoms with Crippen molar-refractivity contribution in [3.63, 3.8) is 0 Å². The van der Waals surface area contributed by atoms with Gasteiger partial charge in [0.15, 0.2) is 0 Å². The van der Waals surface area contributed by atoms with Crippen molar-refractivity contribution in [1.82, 2.24) is 0 Å². The number of rotatable bonds is 37. The molecule has 41 heavy (non-hydrogen) atoms. The lowest BCUT2D eigenvalue weighted by atomic mass is 10.0. The van der Waals surface area contributed by atoms with Crippen LogP contribution in [0.25, 0.3) is 0 Å². The summed E-state index contributed by atoms with van der Waals surface area (Å²) in [5.74, 6) is 0. The van der Waals surface area contributed by atoms with Crippen LogP contribution >= 0.6 is 0 Å². The molecule has 2 N–H and O–H groups in total. The molecule has 0 rings (SSSR count). The number of hydrogen-bond donors (Lipinski definition) is 1. The second kappa shape index (κ2) is 39.7. The first kappa shape index (κ1) is 40.7. The fourth-order valence-electron chi connectivity index (χ4n) is 6.28. The van der Waals surface area contributed by atoms with Crippen molar-refractivity contribution >= 4 is 0 Å². The van der Waals surface area contributed by atoms with Crippen molar-refractivity contribution in [2.24, 2.45) is 5.73 Å². The number of nitrogens with two attached hydrogens (primary N) is 1. The smallest absolute Gasteiger partial charge is 0.00773 e. The Morgan fingerprint density at radius 1 is 0.268 bits per heavy atom. The van der Waals surface area contributed by atoms with Crippen LogP contribution in [-0.4, -0.2) is 6.54 Å². The highest BCUT2D eigenvalue weighted by Crippen LogP contribution is 2.16. The van der Waals surface area contributed by atoms with Crippen LogP contribution in [0.4, 0.5) is 0 Å². The van der Waals surface area contributed by atoms with Gasteiger partial charge in [-0.05, 0) is 38.6 Å². The van der Waals surface area contributed by atoms with Gasteiger partial charge in [-0.2, -0.15) is 0 Å². The van der Waals surface area contributed by atoms with E-state index in [4.69, 9.17) is 5.73 Å². The molecule has 0 aliphatic heterocycles. The van der Waals surface area contributed by atoms with E-state index in [1.807, 2.05) is 0 Å². The van der Waals surface area contributed by atoms with Crippen LogP contribution < -0.4 is 5.73 Å². The van der Waals surface area contributed by atoms with Crippen LogP contribution in [0.1, 0.15) is 238 Å². The molecule has 246 valence electrons. The zero-order valence-electron chi connectivity index (χ0n) is 28.9. The van der Waals surface area contributed by atoms with Gasteiger partial charge in [0.2, 0.25) is 0 Å². The van der Waals surface area contributed by atoms with E-state index >= 15 is 0 Å². The van der Waals surface area contributed by atoms with Crippen LogP contribution in [0.15, 0.2) is 12.2 Å². The maximum absolute atomic E-state index is 5.55. The molecule has 0 saturated heterocycles. The van der Waals surface area contributed by atoms with E-state index in [0.29, 0.717) is 0 Å². The molecule has 0 aromatic carbocycles. The highest BCUT2D eigenvalue weighted by atomic mass is 14.5. The Balaban J connectivity index is 3.07. The molecule has 0 heterocycles.